The molecule has 0 fully saturated rings. The average Bonchev–Trinajstić information content (AvgIpc) is 2.42. The predicted octanol–water partition coefficient (Wildman–Crippen LogP) is 2.01. The zero-order valence-electron chi connectivity index (χ0n) is 12.1. The summed E-state index contributed by atoms with van der Waals surface area (Å²) in [6.45, 7) is 4.39. The number of aryl methyl sites for hydroxylation is 1. The third kappa shape index (κ3) is 6.35. The van der Waals surface area contributed by atoms with Crippen molar-refractivity contribution >= 4 is 5.91 Å². The Kier molecular flexibility index (Phi) is 6.75. The summed E-state index contributed by atoms with van der Waals surface area (Å²) in [7, 11) is 0. The average molecular weight is 274 g/mol. The van der Waals surface area contributed by atoms with Gasteiger partial charge in [-0.25, -0.2) is 0 Å². The van der Waals surface area contributed by atoms with Crippen molar-refractivity contribution in [2.45, 2.75) is 39.2 Å². The summed E-state index contributed by atoms with van der Waals surface area (Å²) < 4.78 is 0. The molecule has 0 aromatic heterocycles. The van der Waals surface area contributed by atoms with Gasteiger partial charge in [0.25, 0.3) is 0 Å². The maximum Gasteiger partial charge on any atom is 0.220 e. The maximum atomic E-state index is 11.7. The van der Waals surface area contributed by atoms with Crippen LogP contribution in [0.3, 0.4) is 0 Å². The highest BCUT2D eigenvalue weighted by molar-refractivity contribution is 5.76. The molecule has 0 spiro atoms. The van der Waals surface area contributed by atoms with Crippen LogP contribution in [0.2, 0.25) is 0 Å². The minimum absolute atomic E-state index is 0.0582. The Balaban J connectivity index is 2.27. The normalized spacial score (nSPS) is 11.9. The lowest BCUT2D eigenvalue weighted by atomic mass is 10.1. The zero-order chi connectivity index (χ0) is 15.0. The monoisotopic (exact) mass is 274 g/mol. The number of amides is 1. The molecule has 1 aromatic carbocycles. The molecule has 4 nitrogen and oxygen atoms in total. The second kappa shape index (κ2) is 8.34. The van der Waals surface area contributed by atoms with E-state index in [9.17, 15) is 9.90 Å². The van der Waals surface area contributed by atoms with Crippen LogP contribution in [0.4, 0.5) is 0 Å². The molecule has 0 heterocycles. The first-order valence-electron chi connectivity index (χ1n) is 6.95. The smallest absolute Gasteiger partial charge is 0.220 e. The van der Waals surface area contributed by atoms with Gasteiger partial charge in [-0.1, -0.05) is 26.0 Å². The molecule has 1 amide bonds. The van der Waals surface area contributed by atoms with Crippen molar-refractivity contribution < 1.29 is 9.90 Å². The second-order valence-corrected chi connectivity index (χ2v) is 5.40. The topological polar surface area (TPSA) is 73.1 Å². The summed E-state index contributed by atoms with van der Waals surface area (Å²) in [5.41, 5.74) is 1.65. The minimum atomic E-state index is -0.478. The highest BCUT2D eigenvalue weighted by atomic mass is 16.3. The number of hydrogen-bond acceptors (Lipinski definition) is 3. The van der Waals surface area contributed by atoms with E-state index in [-0.39, 0.29) is 5.91 Å². The molecule has 0 aliphatic carbocycles. The van der Waals surface area contributed by atoms with E-state index in [0.717, 1.165) is 5.56 Å². The van der Waals surface area contributed by atoms with Crippen LogP contribution in [0.5, 0.6) is 0 Å². The Hall–Kier alpha value is -1.86. The molecule has 2 N–H and O–H groups in total. The van der Waals surface area contributed by atoms with Gasteiger partial charge in [-0.05, 0) is 36.5 Å². The molecule has 108 valence electrons. The lowest BCUT2D eigenvalue weighted by molar-refractivity contribution is -0.121. The quantitative estimate of drug-likeness (QED) is 0.799. The molecule has 1 rings (SSSR count). The van der Waals surface area contributed by atoms with Crippen molar-refractivity contribution in [2.24, 2.45) is 5.92 Å². The van der Waals surface area contributed by atoms with Crippen LogP contribution in [0.1, 0.15) is 37.8 Å². The zero-order valence-corrected chi connectivity index (χ0v) is 12.1. The Morgan fingerprint density at radius 3 is 2.55 bits per heavy atom. The number of nitrogens with zero attached hydrogens (tertiary/aromatic N) is 1. The highest BCUT2D eigenvalue weighted by Gasteiger charge is 2.09. The van der Waals surface area contributed by atoms with E-state index < -0.39 is 6.10 Å². The van der Waals surface area contributed by atoms with E-state index in [1.54, 1.807) is 12.1 Å². The summed E-state index contributed by atoms with van der Waals surface area (Å²) in [4.78, 5) is 11.7. The van der Waals surface area contributed by atoms with E-state index in [1.165, 1.54) is 0 Å². The number of carbonyl (C=O) groups is 1. The van der Waals surface area contributed by atoms with Crippen LogP contribution in [0.25, 0.3) is 0 Å². The number of nitriles is 1. The molecule has 0 saturated heterocycles. The molecule has 1 atom stereocenters. The summed E-state index contributed by atoms with van der Waals surface area (Å²) in [6.07, 6.45) is 1.24. The first kappa shape index (κ1) is 16.2. The van der Waals surface area contributed by atoms with Gasteiger partial charge >= 0.3 is 0 Å². The van der Waals surface area contributed by atoms with Crippen molar-refractivity contribution in [1.29, 1.82) is 5.26 Å². The fourth-order valence-electron chi connectivity index (χ4n) is 1.95. The number of aliphatic hydroxyl groups is 1. The van der Waals surface area contributed by atoms with Crippen molar-refractivity contribution in [2.75, 3.05) is 6.54 Å². The van der Waals surface area contributed by atoms with Crippen molar-refractivity contribution in [3.05, 3.63) is 35.4 Å². The first-order valence-corrected chi connectivity index (χ1v) is 6.95. The van der Waals surface area contributed by atoms with Crippen molar-refractivity contribution in [1.82, 2.24) is 5.32 Å². The molecule has 0 aliphatic rings. The van der Waals surface area contributed by atoms with Gasteiger partial charge < -0.3 is 10.4 Å². The molecule has 1 unspecified atom stereocenters. The molecular formula is C16H22N2O2. The summed E-state index contributed by atoms with van der Waals surface area (Å²) in [6, 6.07) is 9.28. The minimum Gasteiger partial charge on any atom is -0.391 e. The van der Waals surface area contributed by atoms with Gasteiger partial charge in [0, 0.05) is 13.0 Å². The third-order valence-electron chi connectivity index (χ3n) is 3.00. The molecule has 0 radical (unpaired) electrons. The number of benzene rings is 1. The first-order chi connectivity index (χ1) is 9.51. The van der Waals surface area contributed by atoms with Gasteiger partial charge in [-0.15, -0.1) is 0 Å². The summed E-state index contributed by atoms with van der Waals surface area (Å²) in [5, 5.41) is 21.1. The van der Waals surface area contributed by atoms with Gasteiger partial charge in [-0.2, -0.15) is 5.26 Å². The second-order valence-electron chi connectivity index (χ2n) is 5.40. The third-order valence-corrected chi connectivity index (χ3v) is 3.00. The van der Waals surface area contributed by atoms with Crippen LogP contribution in [-0.4, -0.2) is 23.7 Å². The van der Waals surface area contributed by atoms with Gasteiger partial charge in [0.1, 0.15) is 0 Å². The lowest BCUT2D eigenvalue weighted by Gasteiger charge is -2.13. The molecule has 20 heavy (non-hydrogen) atoms. The van der Waals surface area contributed by atoms with Crippen LogP contribution in [0, 0.1) is 17.2 Å². The Labute approximate surface area is 120 Å². The summed E-state index contributed by atoms with van der Waals surface area (Å²) in [5.74, 6) is 0.359. The van der Waals surface area contributed by atoms with Gasteiger partial charge in [0.2, 0.25) is 5.91 Å². The van der Waals surface area contributed by atoms with Gasteiger partial charge in [-0.3, -0.25) is 4.79 Å². The van der Waals surface area contributed by atoms with E-state index in [2.05, 4.69) is 11.4 Å². The Morgan fingerprint density at radius 2 is 2.00 bits per heavy atom. The van der Waals surface area contributed by atoms with Gasteiger partial charge in [0.05, 0.1) is 17.7 Å². The van der Waals surface area contributed by atoms with E-state index in [0.29, 0.717) is 37.3 Å². The van der Waals surface area contributed by atoms with Crippen LogP contribution in [0.15, 0.2) is 24.3 Å². The van der Waals surface area contributed by atoms with Crippen molar-refractivity contribution in [3.8, 4) is 6.07 Å². The summed E-state index contributed by atoms with van der Waals surface area (Å²) >= 11 is 0. The molecule has 0 bridgehead atoms. The van der Waals surface area contributed by atoms with E-state index in [1.807, 2.05) is 26.0 Å². The van der Waals surface area contributed by atoms with E-state index >= 15 is 0 Å². The van der Waals surface area contributed by atoms with Gasteiger partial charge in [0.15, 0.2) is 0 Å². The maximum absolute atomic E-state index is 11.7. The molecule has 0 aliphatic heterocycles. The lowest BCUT2D eigenvalue weighted by Crippen LogP contribution is -2.32. The number of aliphatic hydroxyl groups excluding tert-OH is 1. The number of nitrogens with one attached hydrogen (secondary N) is 1. The Bertz CT molecular complexity index is 460. The molecule has 4 heteroatoms. The number of rotatable bonds is 7. The van der Waals surface area contributed by atoms with E-state index in [4.69, 9.17) is 5.26 Å². The van der Waals surface area contributed by atoms with Crippen LogP contribution in [-0.2, 0) is 11.2 Å². The van der Waals surface area contributed by atoms with Crippen molar-refractivity contribution in [3.63, 3.8) is 0 Å². The molecular weight excluding hydrogens is 252 g/mol. The standard InChI is InChI=1S/C16H22N2O2/c1-12(2)9-15(19)11-18-16(20)8-7-13-3-5-14(10-17)6-4-13/h3-6,12,15,19H,7-9,11H2,1-2H3,(H,18,20). The van der Waals surface area contributed by atoms with Crippen LogP contribution < -0.4 is 5.32 Å². The number of hydrogen-bond donors (Lipinski definition) is 2. The largest absolute Gasteiger partial charge is 0.391 e. The molecule has 1 aromatic rings. The SMILES string of the molecule is CC(C)CC(O)CNC(=O)CCc1ccc(C#N)cc1. The predicted molar refractivity (Wildman–Crippen MR) is 77.9 cm³/mol. The Morgan fingerprint density at radius 1 is 1.35 bits per heavy atom. The fraction of sp³-hybridized carbons (Fsp3) is 0.500. The molecule has 0 saturated carbocycles. The van der Waals surface area contributed by atoms with Crippen LogP contribution >= 0.6 is 0 Å². The fourth-order valence-corrected chi connectivity index (χ4v) is 1.95. The number of carbonyl (C=O) groups excluding carboxylic acids is 1. The highest BCUT2D eigenvalue weighted by Crippen LogP contribution is 2.06.